The van der Waals surface area contributed by atoms with Gasteiger partial charge in [-0.25, -0.2) is 4.39 Å². The van der Waals surface area contributed by atoms with Crippen LogP contribution >= 0.6 is 0 Å². The third-order valence-electron chi connectivity index (χ3n) is 3.00. The van der Waals surface area contributed by atoms with Crippen LogP contribution in [0.5, 0.6) is 0 Å². The molecule has 0 saturated heterocycles. The SMILES string of the molecule is C=CCCC(NCCC)c1ccc(F)c(C(F)(F)F)c1. The van der Waals surface area contributed by atoms with Crippen molar-refractivity contribution in [3.63, 3.8) is 0 Å². The molecule has 0 spiro atoms. The van der Waals surface area contributed by atoms with Gasteiger partial charge in [-0.3, -0.25) is 0 Å². The molecule has 0 aliphatic rings. The van der Waals surface area contributed by atoms with E-state index in [0.717, 1.165) is 18.6 Å². The summed E-state index contributed by atoms with van der Waals surface area (Å²) in [5.74, 6) is -1.24. The normalized spacial score (nSPS) is 13.2. The number of hydrogen-bond acceptors (Lipinski definition) is 1. The molecule has 20 heavy (non-hydrogen) atoms. The number of hydrogen-bond donors (Lipinski definition) is 1. The van der Waals surface area contributed by atoms with Crippen LogP contribution in [0.25, 0.3) is 0 Å². The van der Waals surface area contributed by atoms with Crippen molar-refractivity contribution >= 4 is 0 Å². The number of rotatable bonds is 7. The van der Waals surface area contributed by atoms with Crippen LogP contribution in [0.2, 0.25) is 0 Å². The van der Waals surface area contributed by atoms with Gasteiger partial charge in [-0.05, 0) is 43.5 Å². The van der Waals surface area contributed by atoms with Crippen molar-refractivity contribution in [2.24, 2.45) is 0 Å². The number of halogens is 4. The lowest BCUT2D eigenvalue weighted by Crippen LogP contribution is -2.22. The molecule has 112 valence electrons. The Hall–Kier alpha value is -1.36. The molecule has 0 radical (unpaired) electrons. The molecule has 0 aliphatic carbocycles. The van der Waals surface area contributed by atoms with Crippen LogP contribution in [0, 0.1) is 5.82 Å². The maximum Gasteiger partial charge on any atom is 0.419 e. The number of benzene rings is 1. The Bertz CT molecular complexity index is 440. The summed E-state index contributed by atoms with van der Waals surface area (Å²) in [6.07, 6.45) is -0.771. The first-order valence-electron chi connectivity index (χ1n) is 6.61. The van der Waals surface area contributed by atoms with Gasteiger partial charge in [0.05, 0.1) is 5.56 Å². The molecule has 0 fully saturated rings. The highest BCUT2D eigenvalue weighted by Crippen LogP contribution is 2.33. The highest BCUT2D eigenvalue weighted by molar-refractivity contribution is 5.29. The van der Waals surface area contributed by atoms with Crippen LogP contribution in [0.3, 0.4) is 0 Å². The lowest BCUT2D eigenvalue weighted by molar-refractivity contribution is -0.140. The Morgan fingerprint density at radius 1 is 1.35 bits per heavy atom. The summed E-state index contributed by atoms with van der Waals surface area (Å²) in [5, 5.41) is 3.18. The second kappa shape index (κ2) is 7.43. The predicted molar refractivity (Wildman–Crippen MR) is 71.9 cm³/mol. The fourth-order valence-corrected chi connectivity index (χ4v) is 1.97. The van der Waals surface area contributed by atoms with Crippen molar-refractivity contribution in [2.45, 2.75) is 38.4 Å². The Morgan fingerprint density at radius 3 is 2.60 bits per heavy atom. The van der Waals surface area contributed by atoms with E-state index in [1.165, 1.54) is 6.07 Å². The quantitative estimate of drug-likeness (QED) is 0.559. The van der Waals surface area contributed by atoms with Gasteiger partial charge in [0.1, 0.15) is 5.82 Å². The van der Waals surface area contributed by atoms with Crippen LogP contribution in [0.1, 0.15) is 43.4 Å². The van der Waals surface area contributed by atoms with Gasteiger partial charge in [0.25, 0.3) is 0 Å². The highest BCUT2D eigenvalue weighted by atomic mass is 19.4. The fourth-order valence-electron chi connectivity index (χ4n) is 1.97. The van der Waals surface area contributed by atoms with Gasteiger partial charge in [-0.1, -0.05) is 19.1 Å². The summed E-state index contributed by atoms with van der Waals surface area (Å²) >= 11 is 0. The molecule has 1 aromatic rings. The Kier molecular flexibility index (Phi) is 6.20. The van der Waals surface area contributed by atoms with Crippen LogP contribution in [0.4, 0.5) is 17.6 Å². The highest BCUT2D eigenvalue weighted by Gasteiger charge is 2.34. The van der Waals surface area contributed by atoms with Crippen molar-refractivity contribution in [3.05, 3.63) is 47.8 Å². The molecule has 1 atom stereocenters. The van der Waals surface area contributed by atoms with E-state index in [0.29, 0.717) is 24.9 Å². The Morgan fingerprint density at radius 2 is 2.05 bits per heavy atom. The largest absolute Gasteiger partial charge is 0.419 e. The first kappa shape index (κ1) is 16.7. The first-order valence-corrected chi connectivity index (χ1v) is 6.61. The third-order valence-corrected chi connectivity index (χ3v) is 3.00. The molecule has 0 heterocycles. The minimum absolute atomic E-state index is 0.227. The minimum atomic E-state index is -4.67. The summed E-state index contributed by atoms with van der Waals surface area (Å²) in [4.78, 5) is 0. The molecule has 1 N–H and O–H groups in total. The van der Waals surface area contributed by atoms with Crippen molar-refractivity contribution < 1.29 is 17.6 Å². The molecule has 1 rings (SSSR count). The molecule has 0 aromatic heterocycles. The molecular formula is C15H19F4N. The van der Waals surface area contributed by atoms with E-state index in [9.17, 15) is 17.6 Å². The molecular weight excluding hydrogens is 270 g/mol. The molecule has 0 amide bonds. The third kappa shape index (κ3) is 4.63. The van der Waals surface area contributed by atoms with Crippen LogP contribution in [-0.4, -0.2) is 6.54 Å². The smallest absolute Gasteiger partial charge is 0.310 e. The average molecular weight is 289 g/mol. The summed E-state index contributed by atoms with van der Waals surface area (Å²) in [5.41, 5.74) is -0.758. The van der Waals surface area contributed by atoms with Gasteiger partial charge in [-0.2, -0.15) is 13.2 Å². The fraction of sp³-hybridized carbons (Fsp3) is 0.467. The number of nitrogens with one attached hydrogen (secondary N) is 1. The maximum atomic E-state index is 13.3. The average Bonchev–Trinajstić information content (AvgIpc) is 2.38. The minimum Gasteiger partial charge on any atom is -0.310 e. The van der Waals surface area contributed by atoms with E-state index in [4.69, 9.17) is 0 Å². The van der Waals surface area contributed by atoms with Crippen LogP contribution in [0.15, 0.2) is 30.9 Å². The van der Waals surface area contributed by atoms with Gasteiger partial charge >= 0.3 is 6.18 Å². The van der Waals surface area contributed by atoms with Gasteiger partial charge in [-0.15, -0.1) is 6.58 Å². The maximum absolute atomic E-state index is 13.3. The Labute approximate surface area is 116 Å². The van der Waals surface area contributed by atoms with E-state index >= 15 is 0 Å². The molecule has 0 aliphatic heterocycles. The molecule has 0 saturated carbocycles. The van der Waals surface area contributed by atoms with Crippen LogP contribution in [-0.2, 0) is 6.18 Å². The van der Waals surface area contributed by atoms with Crippen molar-refractivity contribution in [2.75, 3.05) is 6.54 Å². The molecule has 1 aromatic carbocycles. The van der Waals surface area contributed by atoms with Gasteiger partial charge in [0.2, 0.25) is 0 Å². The Balaban J connectivity index is 3.03. The van der Waals surface area contributed by atoms with E-state index in [-0.39, 0.29) is 6.04 Å². The van der Waals surface area contributed by atoms with Crippen LogP contribution < -0.4 is 5.32 Å². The second-order valence-corrected chi connectivity index (χ2v) is 4.61. The summed E-state index contributed by atoms with van der Waals surface area (Å²) in [6, 6.07) is 2.95. The lowest BCUT2D eigenvalue weighted by Gasteiger charge is -2.20. The molecule has 5 heteroatoms. The standard InChI is InChI=1S/C15H19F4N/c1-3-5-6-14(20-9-4-2)11-7-8-13(16)12(10-11)15(17,18)19/h3,7-8,10,14,20H,1,4-6,9H2,2H3. The van der Waals surface area contributed by atoms with Crippen molar-refractivity contribution in [1.82, 2.24) is 5.32 Å². The van der Waals surface area contributed by atoms with Crippen molar-refractivity contribution in [1.29, 1.82) is 0 Å². The summed E-state index contributed by atoms with van der Waals surface area (Å²) in [6.45, 7) is 6.28. The van der Waals surface area contributed by atoms with Gasteiger partial charge in [0.15, 0.2) is 0 Å². The van der Waals surface area contributed by atoms with E-state index in [1.807, 2.05) is 6.92 Å². The topological polar surface area (TPSA) is 12.0 Å². The number of allylic oxidation sites excluding steroid dienone is 1. The zero-order chi connectivity index (χ0) is 15.2. The molecule has 0 bridgehead atoms. The van der Waals surface area contributed by atoms with E-state index in [2.05, 4.69) is 11.9 Å². The van der Waals surface area contributed by atoms with Gasteiger partial charge < -0.3 is 5.32 Å². The van der Waals surface area contributed by atoms with E-state index < -0.39 is 17.6 Å². The lowest BCUT2D eigenvalue weighted by atomic mass is 9.99. The molecule has 1 unspecified atom stereocenters. The first-order chi connectivity index (χ1) is 9.40. The second-order valence-electron chi connectivity index (χ2n) is 4.61. The van der Waals surface area contributed by atoms with E-state index in [1.54, 1.807) is 6.08 Å². The molecule has 1 nitrogen and oxygen atoms in total. The zero-order valence-electron chi connectivity index (χ0n) is 11.4. The monoisotopic (exact) mass is 289 g/mol. The number of alkyl halides is 3. The summed E-state index contributed by atoms with van der Waals surface area (Å²) < 4.78 is 51.4. The van der Waals surface area contributed by atoms with Gasteiger partial charge in [0, 0.05) is 6.04 Å². The zero-order valence-corrected chi connectivity index (χ0v) is 11.4. The van der Waals surface area contributed by atoms with Crippen molar-refractivity contribution in [3.8, 4) is 0 Å². The predicted octanol–water partition coefficient (Wildman–Crippen LogP) is 4.85. The summed E-state index contributed by atoms with van der Waals surface area (Å²) in [7, 11) is 0.